The molecule has 0 radical (unpaired) electrons. The fourth-order valence-corrected chi connectivity index (χ4v) is 11.7. The number of aryl methyl sites for hydroxylation is 1. The number of fused-ring (bicyclic) bond motifs is 2. The number of nitrogens with zero attached hydrogens (tertiary/aromatic N) is 5. The number of β-amino-alcohol motifs (C(OH)–C–C–N with tert-alkyl or cyclic N) is 1. The summed E-state index contributed by atoms with van der Waals surface area (Å²) < 4.78 is 33.6. The molecule has 4 N–H and O–H groups in total. The van der Waals surface area contributed by atoms with Crippen LogP contribution in [0.25, 0.3) is 31.8 Å². The summed E-state index contributed by atoms with van der Waals surface area (Å²) in [6, 6.07) is 11.6. The molecule has 2 saturated carbocycles. The lowest BCUT2D eigenvalue weighted by molar-refractivity contribution is -0.145. The van der Waals surface area contributed by atoms with Crippen LogP contribution in [0.4, 0.5) is 20.0 Å². The number of amides is 5. The second kappa shape index (κ2) is 24.0. The highest BCUT2D eigenvalue weighted by atomic mass is 32.1. The Balaban J connectivity index is 0.721. The quantitative estimate of drug-likeness (QED) is 0.0536. The van der Waals surface area contributed by atoms with Gasteiger partial charge < -0.3 is 40.2 Å². The highest BCUT2D eigenvalue weighted by molar-refractivity contribution is 7.22. The number of aromatic nitrogens is 3. The van der Waals surface area contributed by atoms with Crippen molar-refractivity contribution >= 4 is 73.4 Å². The van der Waals surface area contributed by atoms with Gasteiger partial charge in [-0.15, -0.1) is 11.3 Å². The largest absolute Gasteiger partial charge is 0.493 e. The summed E-state index contributed by atoms with van der Waals surface area (Å²) in [6.45, 7) is 8.44. The minimum atomic E-state index is -1.97. The van der Waals surface area contributed by atoms with Gasteiger partial charge in [-0.1, -0.05) is 82.4 Å². The van der Waals surface area contributed by atoms with Gasteiger partial charge in [0.2, 0.25) is 23.6 Å². The molecule has 0 unspecified atom stereocenters. The number of thiazole rings is 2. The molecule has 20 heteroatoms. The van der Waals surface area contributed by atoms with Gasteiger partial charge in [-0.3, -0.25) is 24.1 Å². The third-order valence-electron chi connectivity index (χ3n) is 14.6. The first-order valence-electron chi connectivity index (χ1n) is 26.8. The van der Waals surface area contributed by atoms with Crippen LogP contribution in [-0.2, 0) is 30.5 Å². The Labute approximate surface area is 450 Å². The van der Waals surface area contributed by atoms with Crippen LogP contribution >= 0.6 is 22.7 Å². The molecular formula is C56H69FN8O9S2. The zero-order valence-corrected chi connectivity index (χ0v) is 45.4. The Bertz CT molecular complexity index is 2910. The van der Waals surface area contributed by atoms with E-state index < -0.39 is 47.0 Å². The van der Waals surface area contributed by atoms with Crippen molar-refractivity contribution in [1.82, 2.24) is 30.5 Å². The highest BCUT2D eigenvalue weighted by Crippen LogP contribution is 2.41. The molecule has 4 aliphatic rings. The predicted octanol–water partition coefficient (Wildman–Crippen LogP) is 9.82. The second-order valence-electron chi connectivity index (χ2n) is 21.6. The number of alkyl halides is 1. The Morgan fingerprint density at radius 2 is 1.71 bits per heavy atom. The first kappa shape index (κ1) is 54.5. The number of nitrogens with one attached hydrogen (secondary N) is 3. The van der Waals surface area contributed by atoms with Crippen molar-refractivity contribution in [3.63, 3.8) is 0 Å². The maximum absolute atomic E-state index is 14.7. The Hall–Kier alpha value is -6.25. The number of hydrogen-bond donors (Lipinski definition) is 4. The van der Waals surface area contributed by atoms with E-state index in [0.29, 0.717) is 48.6 Å². The van der Waals surface area contributed by atoms with Crippen molar-refractivity contribution in [1.29, 1.82) is 0 Å². The summed E-state index contributed by atoms with van der Waals surface area (Å²) in [6.07, 6.45) is 11.4. The molecule has 9 rings (SSSR count). The molecule has 3 aromatic heterocycles. The number of ether oxygens (including phenoxy) is 3. The zero-order chi connectivity index (χ0) is 53.6. The van der Waals surface area contributed by atoms with E-state index in [2.05, 4.69) is 30.9 Å². The molecule has 2 aliphatic carbocycles. The maximum Gasteiger partial charge on any atom is 0.414 e. The summed E-state index contributed by atoms with van der Waals surface area (Å²) in [5, 5.41) is 19.7. The summed E-state index contributed by atoms with van der Waals surface area (Å²) in [7, 11) is 0. The lowest BCUT2D eigenvalue weighted by Gasteiger charge is -2.35. The maximum atomic E-state index is 14.7. The SMILES string of the molecule is Cc1ncsc1-c1ccc(CNC(=O)[C@@H]2C[C@@H](O)CN2C(=O)[C@@H](NC(=O)C2(F)CC2)C(C)(C)C)c(OCCCCCCCCC(=O)Nc2nc3ccc(-c4cnc5c(c4)N(C(=O)OC4CCCCC4)CCO5)cc3s2)c1. The first-order valence-corrected chi connectivity index (χ1v) is 28.5. The lowest BCUT2D eigenvalue weighted by atomic mass is 9.85. The number of aliphatic hydroxyl groups is 1. The molecular weight excluding hydrogens is 1010 g/mol. The first-order chi connectivity index (χ1) is 36.5. The summed E-state index contributed by atoms with van der Waals surface area (Å²) in [4.78, 5) is 84.3. The van der Waals surface area contributed by atoms with Gasteiger partial charge in [-0.05, 0) is 99.1 Å². The number of benzene rings is 2. The summed E-state index contributed by atoms with van der Waals surface area (Å²) in [5.74, 6) is -0.887. The van der Waals surface area contributed by atoms with E-state index in [1.165, 1.54) is 34.0 Å². The van der Waals surface area contributed by atoms with Crippen LogP contribution in [0.5, 0.6) is 11.6 Å². The molecule has 5 amide bonds. The van der Waals surface area contributed by atoms with Crippen molar-refractivity contribution in [2.24, 2.45) is 5.41 Å². The normalized spacial score (nSPS) is 18.6. The fraction of sp³-hybridized carbons (Fsp3) is 0.536. The van der Waals surface area contributed by atoms with Crippen molar-refractivity contribution in [3.05, 3.63) is 65.4 Å². The van der Waals surface area contributed by atoms with Gasteiger partial charge in [0.15, 0.2) is 10.8 Å². The van der Waals surface area contributed by atoms with Crippen LogP contribution in [0, 0.1) is 12.3 Å². The average Bonchev–Trinajstić information content (AvgIpc) is 3.69. The van der Waals surface area contributed by atoms with Crippen LogP contribution in [0.2, 0.25) is 0 Å². The molecule has 3 fully saturated rings. The monoisotopic (exact) mass is 1080 g/mol. The Morgan fingerprint density at radius 3 is 2.46 bits per heavy atom. The highest BCUT2D eigenvalue weighted by Gasteiger charge is 2.53. The Kier molecular flexibility index (Phi) is 17.2. The van der Waals surface area contributed by atoms with E-state index in [4.69, 9.17) is 14.2 Å². The van der Waals surface area contributed by atoms with E-state index in [-0.39, 0.29) is 50.5 Å². The number of likely N-dealkylation sites (tertiary alicyclic amines) is 1. The van der Waals surface area contributed by atoms with Crippen molar-refractivity contribution < 1.29 is 47.7 Å². The number of pyridine rings is 1. The standard InChI is InChI=1S/C56H69FN8O9S2/c1-34-47(75-33-60-34)36-17-18-37(30-58-49(68)42-29-39(66)32-65(42)51(69)48(55(2,3)4)63-52(70)56(57)21-22-56)44(27-36)72-24-13-8-6-5-7-12-16-46(67)62-53-61-41-20-19-35(28-45(41)76-53)38-26-43-50(59-31-38)73-25-23-64(43)54(71)74-40-14-10-9-11-15-40/h17-20,26-28,31,33,39-40,42,48,66H,5-16,21-25,29-30,32H2,1-4H3,(H,58,68)(H,63,70)(H,61,62,67)/t39-,42+,48-/m1/s1. The number of halogens is 1. The molecule has 0 spiro atoms. The van der Waals surface area contributed by atoms with Gasteiger partial charge in [-0.25, -0.2) is 24.1 Å². The van der Waals surface area contributed by atoms with Crippen molar-refractivity contribution in [2.75, 3.05) is 36.5 Å². The molecule has 17 nitrogen and oxygen atoms in total. The number of carbonyl (C=O) groups is 5. The van der Waals surface area contributed by atoms with E-state index in [9.17, 15) is 33.5 Å². The van der Waals surface area contributed by atoms with Crippen LogP contribution in [0.15, 0.2) is 54.2 Å². The number of hydrogen-bond acceptors (Lipinski definition) is 14. The predicted molar refractivity (Wildman–Crippen MR) is 290 cm³/mol. The van der Waals surface area contributed by atoms with E-state index in [1.54, 1.807) is 37.4 Å². The molecule has 406 valence electrons. The van der Waals surface area contributed by atoms with Crippen molar-refractivity contribution in [3.8, 4) is 33.2 Å². The van der Waals surface area contributed by atoms with Gasteiger partial charge in [0, 0.05) is 43.3 Å². The molecule has 2 aromatic carbocycles. The zero-order valence-electron chi connectivity index (χ0n) is 43.8. The average molecular weight is 1080 g/mol. The van der Waals surface area contributed by atoms with E-state index in [0.717, 1.165) is 107 Å². The van der Waals surface area contributed by atoms with Gasteiger partial charge in [0.25, 0.3) is 5.91 Å². The number of rotatable bonds is 20. The van der Waals surface area contributed by atoms with Crippen molar-refractivity contribution in [2.45, 2.75) is 161 Å². The smallest absolute Gasteiger partial charge is 0.414 e. The number of unbranched alkanes of at least 4 members (excludes halogenated alkanes) is 5. The minimum Gasteiger partial charge on any atom is -0.493 e. The van der Waals surface area contributed by atoms with Gasteiger partial charge in [-0.2, -0.15) is 0 Å². The summed E-state index contributed by atoms with van der Waals surface area (Å²) >= 11 is 2.94. The van der Waals surface area contributed by atoms with E-state index in [1.807, 2.05) is 49.4 Å². The number of anilines is 2. The third kappa shape index (κ3) is 13.3. The lowest BCUT2D eigenvalue weighted by Crippen LogP contribution is -2.59. The molecule has 5 aromatic rings. The Morgan fingerprint density at radius 1 is 0.947 bits per heavy atom. The van der Waals surface area contributed by atoms with Crippen LogP contribution in [0.1, 0.15) is 128 Å². The van der Waals surface area contributed by atoms with E-state index >= 15 is 0 Å². The molecule has 0 bridgehead atoms. The minimum absolute atomic E-state index is 0.0253. The molecule has 5 heterocycles. The second-order valence-corrected chi connectivity index (χ2v) is 23.5. The third-order valence-corrected chi connectivity index (χ3v) is 16.5. The van der Waals surface area contributed by atoms with Crippen LogP contribution in [0.3, 0.4) is 0 Å². The molecule has 3 atom stereocenters. The van der Waals surface area contributed by atoms with Crippen LogP contribution < -0.4 is 30.3 Å². The molecule has 2 aliphatic heterocycles. The topological polar surface area (TPSA) is 215 Å². The molecule has 76 heavy (non-hydrogen) atoms. The van der Waals surface area contributed by atoms with Gasteiger partial charge >= 0.3 is 6.09 Å². The van der Waals surface area contributed by atoms with Crippen LogP contribution in [-0.4, -0.2) is 111 Å². The number of carbonyl (C=O) groups excluding carboxylic acids is 5. The molecule has 1 saturated heterocycles. The summed E-state index contributed by atoms with van der Waals surface area (Å²) in [5.41, 5.74) is 4.70. The fourth-order valence-electron chi connectivity index (χ4n) is 10.0. The van der Waals surface area contributed by atoms with Gasteiger partial charge in [0.05, 0.1) is 45.6 Å². The van der Waals surface area contributed by atoms with Gasteiger partial charge in [0.1, 0.15) is 36.2 Å². The number of aliphatic hydroxyl groups excluding tert-OH is 1.